The molecule has 1 aliphatic rings. The van der Waals surface area contributed by atoms with E-state index in [0.29, 0.717) is 34.5 Å². The average molecular weight is 403 g/mol. The molecule has 0 saturated carbocycles. The minimum absolute atomic E-state index is 0.133. The molecule has 2 rings (SSSR count). The maximum absolute atomic E-state index is 12.4. The van der Waals surface area contributed by atoms with Gasteiger partial charge in [0, 0.05) is 22.8 Å². The van der Waals surface area contributed by atoms with Crippen LogP contribution < -0.4 is 5.32 Å². The molecule has 0 spiro atoms. The number of esters is 1. The Labute approximate surface area is 137 Å². The molecule has 6 heteroatoms. The summed E-state index contributed by atoms with van der Waals surface area (Å²) in [6.45, 7) is 3.41. The molecule has 1 N–H and O–H groups in total. The fourth-order valence-electron chi connectivity index (χ4n) is 2.18. The van der Waals surface area contributed by atoms with Crippen LogP contribution in [-0.2, 0) is 9.47 Å². The van der Waals surface area contributed by atoms with E-state index in [9.17, 15) is 9.59 Å². The molecule has 0 atom stereocenters. The number of benzene rings is 1. The van der Waals surface area contributed by atoms with Gasteiger partial charge in [-0.1, -0.05) is 6.07 Å². The van der Waals surface area contributed by atoms with Gasteiger partial charge in [0.05, 0.1) is 17.7 Å². The molecule has 1 aliphatic heterocycles. The molecule has 1 aromatic rings. The maximum atomic E-state index is 12.4. The zero-order chi connectivity index (χ0) is 15.2. The van der Waals surface area contributed by atoms with Gasteiger partial charge in [-0.2, -0.15) is 0 Å². The van der Waals surface area contributed by atoms with Crippen molar-refractivity contribution >= 4 is 34.5 Å². The lowest BCUT2D eigenvalue weighted by Gasteiger charge is -2.23. The van der Waals surface area contributed by atoms with E-state index in [1.165, 1.54) is 0 Å². The van der Waals surface area contributed by atoms with E-state index >= 15 is 0 Å². The van der Waals surface area contributed by atoms with Gasteiger partial charge < -0.3 is 14.8 Å². The SMILES string of the molecule is CCOC(=O)c1cccc(C(=O)NC2CCOCC2)c1I. The topological polar surface area (TPSA) is 64.6 Å². The van der Waals surface area contributed by atoms with Crippen molar-refractivity contribution in [2.75, 3.05) is 19.8 Å². The van der Waals surface area contributed by atoms with E-state index in [2.05, 4.69) is 5.32 Å². The van der Waals surface area contributed by atoms with Gasteiger partial charge in [-0.25, -0.2) is 4.79 Å². The minimum atomic E-state index is -0.400. The maximum Gasteiger partial charge on any atom is 0.339 e. The smallest absolute Gasteiger partial charge is 0.339 e. The van der Waals surface area contributed by atoms with Crippen LogP contribution >= 0.6 is 22.6 Å². The van der Waals surface area contributed by atoms with Crippen molar-refractivity contribution in [2.24, 2.45) is 0 Å². The Balaban J connectivity index is 2.13. The molecule has 1 fully saturated rings. The lowest BCUT2D eigenvalue weighted by molar-refractivity contribution is 0.0525. The molecule has 0 aliphatic carbocycles. The second-order valence-electron chi connectivity index (χ2n) is 4.75. The van der Waals surface area contributed by atoms with Gasteiger partial charge in [0.2, 0.25) is 0 Å². The van der Waals surface area contributed by atoms with Gasteiger partial charge in [-0.05, 0) is 54.5 Å². The van der Waals surface area contributed by atoms with E-state index in [1.54, 1.807) is 25.1 Å². The first kappa shape index (κ1) is 16.2. The summed E-state index contributed by atoms with van der Waals surface area (Å²) in [5.41, 5.74) is 0.935. The molecular formula is C15H18INO4. The Morgan fingerprint density at radius 1 is 1.33 bits per heavy atom. The minimum Gasteiger partial charge on any atom is -0.462 e. The standard InChI is InChI=1S/C15H18INO4/c1-2-21-15(19)12-5-3-4-11(13(12)16)14(18)17-10-6-8-20-9-7-10/h3-5,10H,2,6-9H2,1H3,(H,17,18). The molecule has 1 heterocycles. The first-order valence-electron chi connectivity index (χ1n) is 6.97. The van der Waals surface area contributed by atoms with Crippen LogP contribution in [0.25, 0.3) is 0 Å². The van der Waals surface area contributed by atoms with Crippen LogP contribution in [0, 0.1) is 3.57 Å². The molecule has 1 aromatic carbocycles. The summed E-state index contributed by atoms with van der Waals surface area (Å²) in [5.74, 6) is -0.555. The van der Waals surface area contributed by atoms with Crippen molar-refractivity contribution in [2.45, 2.75) is 25.8 Å². The highest BCUT2D eigenvalue weighted by molar-refractivity contribution is 14.1. The summed E-state index contributed by atoms with van der Waals surface area (Å²) in [7, 11) is 0. The van der Waals surface area contributed by atoms with Gasteiger partial charge >= 0.3 is 5.97 Å². The monoisotopic (exact) mass is 403 g/mol. The Bertz CT molecular complexity index is 526. The molecule has 21 heavy (non-hydrogen) atoms. The van der Waals surface area contributed by atoms with Gasteiger partial charge in [0.15, 0.2) is 0 Å². The Morgan fingerprint density at radius 3 is 2.67 bits per heavy atom. The average Bonchev–Trinajstić information content (AvgIpc) is 2.48. The molecule has 114 valence electrons. The number of nitrogens with one attached hydrogen (secondary N) is 1. The fraction of sp³-hybridized carbons (Fsp3) is 0.467. The molecule has 0 aromatic heterocycles. The highest BCUT2D eigenvalue weighted by atomic mass is 127. The van der Waals surface area contributed by atoms with Crippen LogP contribution in [0.1, 0.15) is 40.5 Å². The van der Waals surface area contributed by atoms with Crippen LogP contribution in [-0.4, -0.2) is 37.7 Å². The van der Waals surface area contributed by atoms with Crippen LogP contribution in [0.15, 0.2) is 18.2 Å². The molecule has 1 saturated heterocycles. The highest BCUT2D eigenvalue weighted by Gasteiger charge is 2.21. The number of amides is 1. The van der Waals surface area contributed by atoms with Gasteiger partial charge in [0.1, 0.15) is 0 Å². The molecule has 0 unspecified atom stereocenters. The van der Waals surface area contributed by atoms with Gasteiger partial charge in [-0.15, -0.1) is 0 Å². The zero-order valence-corrected chi connectivity index (χ0v) is 14.0. The highest BCUT2D eigenvalue weighted by Crippen LogP contribution is 2.19. The Morgan fingerprint density at radius 2 is 2.00 bits per heavy atom. The van der Waals surface area contributed by atoms with Crippen molar-refractivity contribution < 1.29 is 19.1 Å². The van der Waals surface area contributed by atoms with E-state index < -0.39 is 5.97 Å². The normalized spacial score (nSPS) is 15.5. The molecule has 5 nitrogen and oxygen atoms in total. The quantitative estimate of drug-likeness (QED) is 0.620. The van der Waals surface area contributed by atoms with Crippen LogP contribution in [0.4, 0.5) is 0 Å². The van der Waals surface area contributed by atoms with Crippen LogP contribution in [0.2, 0.25) is 0 Å². The summed E-state index contributed by atoms with van der Waals surface area (Å²) in [4.78, 5) is 24.2. The number of hydrogen-bond acceptors (Lipinski definition) is 4. The second kappa shape index (κ2) is 7.74. The first-order chi connectivity index (χ1) is 10.1. The third-order valence-electron chi connectivity index (χ3n) is 3.30. The molecule has 0 radical (unpaired) electrons. The fourth-order valence-corrected chi connectivity index (χ4v) is 3.00. The summed E-state index contributed by atoms with van der Waals surface area (Å²) < 4.78 is 10.9. The summed E-state index contributed by atoms with van der Waals surface area (Å²) in [6.07, 6.45) is 1.64. The van der Waals surface area contributed by atoms with Crippen molar-refractivity contribution in [3.63, 3.8) is 0 Å². The van der Waals surface area contributed by atoms with E-state index in [4.69, 9.17) is 9.47 Å². The van der Waals surface area contributed by atoms with Gasteiger partial charge in [0.25, 0.3) is 5.91 Å². The lowest BCUT2D eigenvalue weighted by atomic mass is 10.1. The summed E-state index contributed by atoms with van der Waals surface area (Å²) in [6, 6.07) is 5.23. The third-order valence-corrected chi connectivity index (χ3v) is 4.46. The number of halogens is 1. The lowest BCUT2D eigenvalue weighted by Crippen LogP contribution is -2.39. The van der Waals surface area contributed by atoms with E-state index in [1.807, 2.05) is 22.6 Å². The van der Waals surface area contributed by atoms with Crippen LogP contribution in [0.5, 0.6) is 0 Å². The molecule has 0 bridgehead atoms. The number of ether oxygens (including phenoxy) is 2. The van der Waals surface area contributed by atoms with Crippen molar-refractivity contribution in [1.82, 2.24) is 5.32 Å². The number of rotatable bonds is 4. The Hall–Kier alpha value is -1.15. The third kappa shape index (κ3) is 4.16. The van der Waals surface area contributed by atoms with Crippen LogP contribution in [0.3, 0.4) is 0 Å². The van der Waals surface area contributed by atoms with Crippen molar-refractivity contribution in [3.05, 3.63) is 32.9 Å². The zero-order valence-electron chi connectivity index (χ0n) is 11.9. The molecular weight excluding hydrogens is 385 g/mol. The predicted octanol–water partition coefficient (Wildman–Crippen LogP) is 2.38. The summed E-state index contributed by atoms with van der Waals surface area (Å²) >= 11 is 2.02. The van der Waals surface area contributed by atoms with E-state index in [0.717, 1.165) is 12.8 Å². The van der Waals surface area contributed by atoms with Gasteiger partial charge in [-0.3, -0.25) is 4.79 Å². The first-order valence-corrected chi connectivity index (χ1v) is 8.05. The van der Waals surface area contributed by atoms with Crippen molar-refractivity contribution in [1.29, 1.82) is 0 Å². The number of carbonyl (C=O) groups is 2. The second-order valence-corrected chi connectivity index (χ2v) is 5.83. The Kier molecular flexibility index (Phi) is 5.98. The number of hydrogen-bond donors (Lipinski definition) is 1. The van der Waals surface area contributed by atoms with E-state index in [-0.39, 0.29) is 11.9 Å². The summed E-state index contributed by atoms with van der Waals surface area (Å²) in [5, 5.41) is 3.00. The predicted molar refractivity (Wildman–Crippen MR) is 86.4 cm³/mol. The molecule has 1 amide bonds. The largest absolute Gasteiger partial charge is 0.462 e. The number of carbonyl (C=O) groups excluding carboxylic acids is 2. The van der Waals surface area contributed by atoms with Crippen molar-refractivity contribution in [3.8, 4) is 0 Å².